The molecule has 0 saturated heterocycles. The van der Waals surface area contributed by atoms with E-state index in [0.29, 0.717) is 11.7 Å². The third-order valence-electron chi connectivity index (χ3n) is 4.25. The molecule has 20 heavy (non-hydrogen) atoms. The highest BCUT2D eigenvalue weighted by atomic mass is 79.9. The average Bonchev–Trinajstić information content (AvgIpc) is 2.44. The topological polar surface area (TPSA) is 20.2 Å². The van der Waals surface area contributed by atoms with Crippen molar-refractivity contribution in [2.24, 2.45) is 0 Å². The summed E-state index contributed by atoms with van der Waals surface area (Å²) in [6, 6.07) is 4.31. The molecule has 2 heteroatoms. The molecular formula is C18H25BrO. The maximum absolute atomic E-state index is 10.5. The molecule has 1 aliphatic carbocycles. The van der Waals surface area contributed by atoms with Crippen LogP contribution in [0.1, 0.15) is 69.4 Å². The zero-order valence-corrected chi connectivity index (χ0v) is 14.2. The summed E-state index contributed by atoms with van der Waals surface area (Å²) in [5, 5.41) is 10.5. The molecule has 1 nitrogen and oxygen atoms in total. The van der Waals surface area contributed by atoms with E-state index in [4.69, 9.17) is 0 Å². The maximum atomic E-state index is 10.5. The Morgan fingerprint density at radius 3 is 2.80 bits per heavy atom. The lowest BCUT2D eigenvalue weighted by Gasteiger charge is -2.22. The second-order valence-electron chi connectivity index (χ2n) is 5.95. The van der Waals surface area contributed by atoms with Crippen molar-refractivity contribution in [2.75, 3.05) is 0 Å². The van der Waals surface area contributed by atoms with Crippen LogP contribution < -0.4 is 0 Å². The highest BCUT2D eigenvalue weighted by Crippen LogP contribution is 2.40. The van der Waals surface area contributed by atoms with E-state index in [-0.39, 0.29) is 0 Å². The molecule has 0 fully saturated rings. The van der Waals surface area contributed by atoms with Crippen LogP contribution in [0.2, 0.25) is 0 Å². The predicted octanol–water partition coefficient (Wildman–Crippen LogP) is 6.10. The van der Waals surface area contributed by atoms with Gasteiger partial charge in [-0.2, -0.15) is 0 Å². The molecule has 0 spiro atoms. The molecule has 0 saturated carbocycles. The summed E-state index contributed by atoms with van der Waals surface area (Å²) in [6.07, 6.45) is 10.6. The lowest BCUT2D eigenvalue weighted by Crippen LogP contribution is -2.03. The summed E-state index contributed by atoms with van der Waals surface area (Å²) in [4.78, 5) is 0. The highest BCUT2D eigenvalue weighted by molar-refractivity contribution is 9.10. The molecule has 1 aromatic rings. The Hall–Kier alpha value is -0.760. The summed E-state index contributed by atoms with van der Waals surface area (Å²) in [5.74, 6) is 0.833. The van der Waals surface area contributed by atoms with Gasteiger partial charge in [0, 0.05) is 11.5 Å². The van der Waals surface area contributed by atoms with Crippen molar-refractivity contribution < 1.29 is 5.11 Å². The Morgan fingerprint density at radius 2 is 2.10 bits per heavy atom. The largest absolute Gasteiger partial charge is 0.506 e. The van der Waals surface area contributed by atoms with E-state index in [9.17, 15) is 5.11 Å². The molecule has 0 aromatic heterocycles. The number of unbranched alkanes of at least 4 members (excludes halogenated alkanes) is 2. The zero-order valence-electron chi connectivity index (χ0n) is 12.6. The number of phenols is 1. The summed E-state index contributed by atoms with van der Waals surface area (Å²) >= 11 is 3.59. The summed E-state index contributed by atoms with van der Waals surface area (Å²) in [5.41, 5.74) is 3.76. The second kappa shape index (κ2) is 7.31. The first-order chi connectivity index (χ1) is 9.63. The van der Waals surface area contributed by atoms with Gasteiger partial charge in [-0.1, -0.05) is 43.5 Å². The fourth-order valence-electron chi connectivity index (χ4n) is 3.04. The van der Waals surface area contributed by atoms with Gasteiger partial charge in [0.2, 0.25) is 0 Å². The molecule has 0 amide bonds. The molecule has 0 radical (unpaired) electrons. The number of aryl methyl sites for hydroxylation is 1. The van der Waals surface area contributed by atoms with Gasteiger partial charge in [-0.05, 0) is 60.5 Å². The van der Waals surface area contributed by atoms with Crippen LogP contribution in [0.5, 0.6) is 5.75 Å². The Labute approximate surface area is 131 Å². The Morgan fingerprint density at radius 1 is 1.30 bits per heavy atom. The van der Waals surface area contributed by atoms with Crippen LogP contribution in [0.25, 0.3) is 0 Å². The quantitative estimate of drug-likeness (QED) is 0.508. The van der Waals surface area contributed by atoms with Crippen LogP contribution in [-0.4, -0.2) is 5.11 Å². The van der Waals surface area contributed by atoms with Crippen molar-refractivity contribution in [1.82, 2.24) is 0 Å². The van der Waals surface area contributed by atoms with E-state index < -0.39 is 0 Å². The molecule has 1 atom stereocenters. The molecule has 110 valence electrons. The smallest absolute Gasteiger partial charge is 0.133 e. The van der Waals surface area contributed by atoms with Crippen LogP contribution in [0, 0.1) is 0 Å². The van der Waals surface area contributed by atoms with Gasteiger partial charge in [0.05, 0.1) is 4.47 Å². The van der Waals surface area contributed by atoms with Gasteiger partial charge in [0.1, 0.15) is 5.75 Å². The zero-order chi connectivity index (χ0) is 14.5. The molecule has 0 bridgehead atoms. The number of hydrogen-bond acceptors (Lipinski definition) is 1. The van der Waals surface area contributed by atoms with Gasteiger partial charge < -0.3 is 5.11 Å². The fourth-order valence-corrected chi connectivity index (χ4v) is 3.59. The number of allylic oxidation sites excluding steroid dienone is 2. The minimum Gasteiger partial charge on any atom is -0.506 e. The Bertz CT molecular complexity index is 490. The number of rotatable bonds is 5. The maximum Gasteiger partial charge on any atom is 0.133 e. The van der Waals surface area contributed by atoms with Gasteiger partial charge in [-0.3, -0.25) is 0 Å². The lowest BCUT2D eigenvalue weighted by molar-refractivity contribution is 0.456. The number of aromatic hydroxyl groups is 1. The van der Waals surface area contributed by atoms with E-state index >= 15 is 0 Å². The van der Waals surface area contributed by atoms with Gasteiger partial charge in [0.25, 0.3) is 0 Å². The molecular weight excluding hydrogens is 312 g/mol. The minimum absolute atomic E-state index is 0.379. The minimum atomic E-state index is 0.379. The van der Waals surface area contributed by atoms with Crippen LogP contribution in [0.4, 0.5) is 0 Å². The first kappa shape index (κ1) is 15.6. The summed E-state index contributed by atoms with van der Waals surface area (Å²) in [7, 11) is 0. The number of phenolic OH excluding ortho intramolecular Hbond substituents is 1. The van der Waals surface area contributed by atoms with Gasteiger partial charge in [-0.15, -0.1) is 0 Å². The molecule has 2 rings (SSSR count). The van der Waals surface area contributed by atoms with E-state index in [1.807, 2.05) is 0 Å². The first-order valence-corrected chi connectivity index (χ1v) is 8.60. The molecule has 1 aromatic carbocycles. The summed E-state index contributed by atoms with van der Waals surface area (Å²) < 4.78 is 0.905. The number of halogens is 1. The van der Waals surface area contributed by atoms with Crippen molar-refractivity contribution >= 4 is 15.9 Å². The number of benzene rings is 1. The average molecular weight is 337 g/mol. The SMILES string of the molecule is CCCCCc1ccc([C@@H]2C=C(C)CCC2)c(O)c1Br. The lowest BCUT2D eigenvalue weighted by atomic mass is 9.85. The van der Waals surface area contributed by atoms with Crippen LogP contribution >= 0.6 is 15.9 Å². The van der Waals surface area contributed by atoms with Gasteiger partial charge in [-0.25, -0.2) is 0 Å². The number of hydrogen-bond donors (Lipinski definition) is 1. The molecule has 0 aliphatic heterocycles. The fraction of sp³-hybridized carbons (Fsp3) is 0.556. The first-order valence-electron chi connectivity index (χ1n) is 7.81. The second-order valence-corrected chi connectivity index (χ2v) is 6.74. The van der Waals surface area contributed by atoms with Crippen molar-refractivity contribution in [2.45, 2.75) is 64.7 Å². The van der Waals surface area contributed by atoms with Crippen LogP contribution in [-0.2, 0) is 6.42 Å². The van der Waals surface area contributed by atoms with Crippen molar-refractivity contribution in [3.8, 4) is 5.75 Å². The van der Waals surface area contributed by atoms with Gasteiger partial charge in [0.15, 0.2) is 0 Å². The van der Waals surface area contributed by atoms with Crippen LogP contribution in [0.15, 0.2) is 28.3 Å². The van der Waals surface area contributed by atoms with E-state index in [1.54, 1.807) is 0 Å². The van der Waals surface area contributed by atoms with Gasteiger partial charge >= 0.3 is 0 Å². The standard InChI is InChI=1S/C18H25BrO/c1-3-4-5-8-14-10-11-16(18(20)17(14)19)15-9-6-7-13(2)12-15/h10-12,15,20H,3-9H2,1-2H3/t15-/m0/s1. The monoisotopic (exact) mass is 336 g/mol. The molecule has 0 heterocycles. The Balaban J connectivity index is 2.20. The van der Waals surface area contributed by atoms with Crippen molar-refractivity contribution in [1.29, 1.82) is 0 Å². The van der Waals surface area contributed by atoms with E-state index in [0.717, 1.165) is 22.9 Å². The normalized spacial score (nSPS) is 18.9. The molecule has 1 aliphatic rings. The predicted molar refractivity (Wildman–Crippen MR) is 89.4 cm³/mol. The molecule has 0 unspecified atom stereocenters. The van der Waals surface area contributed by atoms with Crippen LogP contribution in [0.3, 0.4) is 0 Å². The highest BCUT2D eigenvalue weighted by Gasteiger charge is 2.19. The molecule has 1 N–H and O–H groups in total. The third kappa shape index (κ3) is 3.66. The Kier molecular flexibility index (Phi) is 5.71. The van der Waals surface area contributed by atoms with E-state index in [1.165, 1.54) is 43.2 Å². The van der Waals surface area contributed by atoms with Crippen molar-refractivity contribution in [3.05, 3.63) is 39.4 Å². The summed E-state index contributed by atoms with van der Waals surface area (Å²) in [6.45, 7) is 4.41. The van der Waals surface area contributed by atoms with Crippen molar-refractivity contribution in [3.63, 3.8) is 0 Å². The third-order valence-corrected chi connectivity index (χ3v) is 5.13. The van der Waals surface area contributed by atoms with E-state index in [2.05, 4.69) is 48.0 Å².